The fourth-order valence-electron chi connectivity index (χ4n) is 4.72. The summed E-state index contributed by atoms with van der Waals surface area (Å²) >= 11 is 0. The number of hydrogen-bond donors (Lipinski definition) is 0. The molecule has 6 rings (SSSR count). The molecule has 0 aliphatic rings. The molecule has 0 saturated carbocycles. The van der Waals surface area contributed by atoms with Crippen molar-refractivity contribution in [1.82, 2.24) is 19.3 Å². The molecule has 0 unspecified atom stereocenters. The Bertz CT molecular complexity index is 1800. The molecule has 0 aliphatic heterocycles. The molecule has 3 aromatic heterocycles. The highest BCUT2D eigenvalue weighted by molar-refractivity contribution is 6.12. The molecule has 3 aromatic carbocycles. The van der Waals surface area contributed by atoms with Gasteiger partial charge >= 0.3 is 0 Å². The largest absolute Gasteiger partial charge is 0.457 e. The fraction of sp³-hybridized carbons (Fsp3) is 0.129. The molecule has 3 heterocycles. The van der Waals surface area contributed by atoms with Crippen LogP contribution in [0, 0.1) is 11.3 Å². The van der Waals surface area contributed by atoms with Gasteiger partial charge in [0.25, 0.3) is 0 Å². The Morgan fingerprint density at radius 1 is 0.838 bits per heavy atom. The van der Waals surface area contributed by atoms with Crippen molar-refractivity contribution >= 4 is 21.8 Å². The van der Waals surface area contributed by atoms with Crippen LogP contribution in [0.2, 0.25) is 0 Å². The van der Waals surface area contributed by atoms with E-state index in [1.807, 2.05) is 60.9 Å². The van der Waals surface area contributed by atoms with Crippen LogP contribution in [0.5, 0.6) is 11.5 Å². The number of para-hydroxylation sites is 1. The number of hydrogen-bond acceptors (Lipinski definition) is 4. The first kappa shape index (κ1) is 22.6. The molecule has 0 saturated heterocycles. The van der Waals surface area contributed by atoms with E-state index >= 15 is 0 Å². The summed E-state index contributed by atoms with van der Waals surface area (Å²) in [6, 6.07) is 28.1. The van der Waals surface area contributed by atoms with E-state index in [-0.39, 0.29) is 5.41 Å². The molecular weight excluding hydrogens is 458 g/mol. The molecule has 0 N–H and O–H groups in total. The van der Waals surface area contributed by atoms with Gasteiger partial charge in [-0.25, -0.2) is 9.67 Å². The lowest BCUT2D eigenvalue weighted by Gasteiger charge is -2.20. The van der Waals surface area contributed by atoms with Gasteiger partial charge in [-0.15, -0.1) is 0 Å². The van der Waals surface area contributed by atoms with Crippen LogP contribution in [0.3, 0.4) is 0 Å². The predicted molar refractivity (Wildman–Crippen MR) is 146 cm³/mol. The van der Waals surface area contributed by atoms with Crippen molar-refractivity contribution in [3.63, 3.8) is 0 Å². The second kappa shape index (κ2) is 8.65. The first-order valence-corrected chi connectivity index (χ1v) is 12.1. The Hall–Kier alpha value is -4.89. The zero-order chi connectivity index (χ0) is 25.6. The van der Waals surface area contributed by atoms with Crippen molar-refractivity contribution in [3.05, 3.63) is 109 Å². The molecule has 6 nitrogen and oxygen atoms in total. The van der Waals surface area contributed by atoms with Crippen LogP contribution in [0.15, 0.2) is 97.5 Å². The van der Waals surface area contributed by atoms with Gasteiger partial charge in [-0.3, -0.25) is 4.57 Å². The second-order valence-electron chi connectivity index (χ2n) is 10.0. The molecule has 0 aliphatic carbocycles. The van der Waals surface area contributed by atoms with E-state index in [0.29, 0.717) is 17.1 Å². The maximum absolute atomic E-state index is 10.1. The predicted octanol–water partition coefficient (Wildman–Crippen LogP) is 7.33. The van der Waals surface area contributed by atoms with Gasteiger partial charge in [0.1, 0.15) is 17.3 Å². The lowest BCUT2D eigenvalue weighted by Crippen LogP contribution is -2.12. The number of nitriles is 1. The monoisotopic (exact) mass is 483 g/mol. The van der Waals surface area contributed by atoms with E-state index in [0.717, 1.165) is 33.3 Å². The summed E-state index contributed by atoms with van der Waals surface area (Å²) in [5.74, 6) is 2.05. The van der Waals surface area contributed by atoms with E-state index < -0.39 is 0 Å². The van der Waals surface area contributed by atoms with Crippen LogP contribution < -0.4 is 4.74 Å². The Labute approximate surface area is 215 Å². The number of pyridine rings is 1. The molecule has 0 bridgehead atoms. The first-order valence-electron chi connectivity index (χ1n) is 12.1. The number of rotatable bonds is 4. The minimum Gasteiger partial charge on any atom is -0.457 e. The van der Waals surface area contributed by atoms with Gasteiger partial charge in [-0.1, -0.05) is 45.0 Å². The summed E-state index contributed by atoms with van der Waals surface area (Å²) in [6.07, 6.45) is 5.47. The zero-order valence-electron chi connectivity index (χ0n) is 20.9. The summed E-state index contributed by atoms with van der Waals surface area (Å²) < 4.78 is 10.2. The second-order valence-corrected chi connectivity index (χ2v) is 10.0. The highest BCUT2D eigenvalue weighted by Gasteiger charge is 2.20. The minimum atomic E-state index is -0.0257. The number of nitrogens with zero attached hydrogens (tertiary/aromatic N) is 5. The maximum Gasteiger partial charge on any atom is 0.137 e. The van der Waals surface area contributed by atoms with E-state index in [9.17, 15) is 5.26 Å². The zero-order valence-corrected chi connectivity index (χ0v) is 20.9. The van der Waals surface area contributed by atoms with Crippen molar-refractivity contribution in [1.29, 1.82) is 5.26 Å². The third-order valence-corrected chi connectivity index (χ3v) is 6.53. The summed E-state index contributed by atoms with van der Waals surface area (Å²) in [5, 5.41) is 16.3. The standard InChI is InChI=1S/C31H25N5O/c1-31(2,3)22-12-14-33-29(17-22)36-27-11-5-4-10-26(27)30-21(20-32)16-25(19-28(30)36)37-24-9-6-8-23(18-24)35-15-7-13-34-35/h4-19H,1-3H3. The van der Waals surface area contributed by atoms with Crippen molar-refractivity contribution in [2.45, 2.75) is 26.2 Å². The molecule has 37 heavy (non-hydrogen) atoms. The van der Waals surface area contributed by atoms with Crippen LogP contribution in [0.4, 0.5) is 0 Å². The number of fused-ring (bicyclic) bond motifs is 3. The maximum atomic E-state index is 10.1. The van der Waals surface area contributed by atoms with Gasteiger partial charge in [0.2, 0.25) is 0 Å². The third-order valence-electron chi connectivity index (χ3n) is 6.53. The van der Waals surface area contributed by atoms with Gasteiger partial charge in [0, 0.05) is 41.5 Å². The molecule has 0 atom stereocenters. The van der Waals surface area contributed by atoms with Crippen molar-refractivity contribution < 1.29 is 4.74 Å². The number of ether oxygens (including phenoxy) is 1. The Kier molecular flexibility index (Phi) is 5.27. The number of aromatic nitrogens is 4. The molecule has 0 spiro atoms. The molecule has 6 aromatic rings. The van der Waals surface area contributed by atoms with E-state index in [1.54, 1.807) is 16.9 Å². The Morgan fingerprint density at radius 2 is 1.70 bits per heavy atom. The summed E-state index contributed by atoms with van der Waals surface area (Å²) in [4.78, 5) is 4.73. The van der Waals surface area contributed by atoms with Gasteiger partial charge < -0.3 is 4.74 Å². The van der Waals surface area contributed by atoms with Crippen molar-refractivity contribution in [2.24, 2.45) is 0 Å². The Morgan fingerprint density at radius 3 is 2.49 bits per heavy atom. The molecule has 180 valence electrons. The topological polar surface area (TPSA) is 68.7 Å². The average molecular weight is 484 g/mol. The highest BCUT2D eigenvalue weighted by atomic mass is 16.5. The smallest absolute Gasteiger partial charge is 0.137 e. The highest BCUT2D eigenvalue weighted by Crippen LogP contribution is 2.38. The normalized spacial score (nSPS) is 11.6. The molecule has 6 heteroatoms. The SMILES string of the molecule is CC(C)(C)c1ccnc(-n2c3ccccc3c3c(C#N)cc(Oc4cccc(-n5cccn5)c4)cc32)c1. The minimum absolute atomic E-state index is 0.0257. The van der Waals surface area contributed by atoms with Crippen LogP contribution >= 0.6 is 0 Å². The lowest BCUT2D eigenvalue weighted by molar-refractivity contribution is 0.482. The van der Waals surface area contributed by atoms with Crippen molar-refractivity contribution in [3.8, 4) is 29.1 Å². The van der Waals surface area contributed by atoms with Crippen LogP contribution in [-0.4, -0.2) is 19.3 Å². The molecular formula is C31H25N5O. The van der Waals surface area contributed by atoms with Crippen LogP contribution in [0.25, 0.3) is 33.3 Å². The lowest BCUT2D eigenvalue weighted by atomic mass is 9.88. The van der Waals surface area contributed by atoms with Gasteiger partial charge in [-0.05, 0) is 53.4 Å². The Balaban J connectivity index is 1.55. The van der Waals surface area contributed by atoms with Gasteiger partial charge in [0.15, 0.2) is 0 Å². The fourth-order valence-corrected chi connectivity index (χ4v) is 4.72. The molecule has 0 fully saturated rings. The first-order chi connectivity index (χ1) is 17.9. The van der Waals surface area contributed by atoms with E-state index in [1.165, 1.54) is 5.56 Å². The summed E-state index contributed by atoms with van der Waals surface area (Å²) in [6.45, 7) is 6.57. The van der Waals surface area contributed by atoms with Crippen molar-refractivity contribution in [2.75, 3.05) is 0 Å². The quantitative estimate of drug-likeness (QED) is 0.263. The summed E-state index contributed by atoms with van der Waals surface area (Å²) in [7, 11) is 0. The molecule has 0 amide bonds. The third kappa shape index (κ3) is 4.01. The van der Waals surface area contributed by atoms with Crippen LogP contribution in [0.1, 0.15) is 31.9 Å². The summed E-state index contributed by atoms with van der Waals surface area (Å²) in [5.41, 5.74) is 4.47. The molecule has 0 radical (unpaired) electrons. The van der Waals surface area contributed by atoms with Gasteiger partial charge in [-0.2, -0.15) is 10.4 Å². The van der Waals surface area contributed by atoms with E-state index in [2.05, 4.69) is 60.8 Å². The average Bonchev–Trinajstić information content (AvgIpc) is 3.55. The van der Waals surface area contributed by atoms with E-state index in [4.69, 9.17) is 9.72 Å². The van der Waals surface area contributed by atoms with Crippen LogP contribution in [-0.2, 0) is 5.41 Å². The number of benzene rings is 3. The van der Waals surface area contributed by atoms with Gasteiger partial charge in [0.05, 0.1) is 28.4 Å².